The second-order valence-electron chi connectivity index (χ2n) is 6.21. The van der Waals surface area contributed by atoms with E-state index in [2.05, 4.69) is 16.0 Å². The fourth-order valence-corrected chi connectivity index (χ4v) is 3.01. The minimum Gasteiger partial charge on any atom is -0.380 e. The standard InChI is InChI=1S/C17H24FN3O3.2ClH/c1-11-16(19-6-8-23-11)17(22)21-12-4-5-15(14(18)9-12)20-10-13-3-2-7-24-13;;/h4-5,9,11,13,16,19-20H,2-3,6-8,10H2,1H3,(H,21,22);2*1H/t11-,13?,16+;;/m1../s1. The number of halogens is 3. The molecule has 1 amide bonds. The summed E-state index contributed by atoms with van der Waals surface area (Å²) < 4.78 is 25.2. The molecule has 2 saturated heterocycles. The average Bonchev–Trinajstić information content (AvgIpc) is 3.08. The fourth-order valence-electron chi connectivity index (χ4n) is 3.01. The fraction of sp³-hybridized carbons (Fsp3) is 0.588. The van der Waals surface area contributed by atoms with Crippen LogP contribution in [-0.4, -0.2) is 50.5 Å². The minimum atomic E-state index is -0.431. The largest absolute Gasteiger partial charge is 0.380 e. The number of nitrogens with one attached hydrogen (secondary N) is 3. The maximum absolute atomic E-state index is 14.2. The molecule has 6 nitrogen and oxygen atoms in total. The molecule has 2 aliphatic heterocycles. The van der Waals surface area contributed by atoms with Crippen LogP contribution in [0.5, 0.6) is 0 Å². The van der Waals surface area contributed by atoms with E-state index in [1.165, 1.54) is 6.07 Å². The number of benzene rings is 1. The third-order valence-corrected chi connectivity index (χ3v) is 4.38. The lowest BCUT2D eigenvalue weighted by molar-refractivity contribution is -0.123. The van der Waals surface area contributed by atoms with Crippen LogP contribution in [-0.2, 0) is 14.3 Å². The van der Waals surface area contributed by atoms with E-state index in [1.807, 2.05) is 6.92 Å². The predicted molar refractivity (Wildman–Crippen MR) is 104 cm³/mol. The van der Waals surface area contributed by atoms with Gasteiger partial charge in [0.1, 0.15) is 11.9 Å². The van der Waals surface area contributed by atoms with Gasteiger partial charge >= 0.3 is 0 Å². The Bertz CT molecular complexity index is 588. The highest BCUT2D eigenvalue weighted by atomic mass is 35.5. The van der Waals surface area contributed by atoms with Crippen LogP contribution >= 0.6 is 24.8 Å². The van der Waals surface area contributed by atoms with Crippen molar-refractivity contribution in [3.05, 3.63) is 24.0 Å². The van der Waals surface area contributed by atoms with Crippen LogP contribution in [0.1, 0.15) is 19.8 Å². The van der Waals surface area contributed by atoms with Crippen LogP contribution in [0.4, 0.5) is 15.8 Å². The van der Waals surface area contributed by atoms with Gasteiger partial charge in [0.05, 0.1) is 24.5 Å². The summed E-state index contributed by atoms with van der Waals surface area (Å²) in [7, 11) is 0. The Morgan fingerprint density at radius 2 is 2.12 bits per heavy atom. The molecule has 0 spiro atoms. The minimum absolute atomic E-state index is 0. The van der Waals surface area contributed by atoms with Gasteiger partial charge in [0.2, 0.25) is 5.91 Å². The van der Waals surface area contributed by atoms with Gasteiger partial charge in [0.15, 0.2) is 0 Å². The van der Waals surface area contributed by atoms with Gasteiger partial charge in [-0.25, -0.2) is 4.39 Å². The first-order valence-electron chi connectivity index (χ1n) is 8.44. The van der Waals surface area contributed by atoms with E-state index in [4.69, 9.17) is 9.47 Å². The van der Waals surface area contributed by atoms with Crippen LogP contribution in [0.3, 0.4) is 0 Å². The Morgan fingerprint density at radius 3 is 2.77 bits per heavy atom. The van der Waals surface area contributed by atoms with Crippen molar-refractivity contribution in [2.75, 3.05) is 36.9 Å². The van der Waals surface area contributed by atoms with Gasteiger partial charge in [0, 0.05) is 25.4 Å². The van der Waals surface area contributed by atoms with Gasteiger partial charge in [-0.05, 0) is 38.0 Å². The van der Waals surface area contributed by atoms with Crippen molar-refractivity contribution in [3.8, 4) is 0 Å². The molecule has 0 radical (unpaired) electrons. The summed E-state index contributed by atoms with van der Waals surface area (Å²) in [6.07, 6.45) is 1.98. The molecular weight excluding hydrogens is 384 g/mol. The number of rotatable bonds is 5. The summed E-state index contributed by atoms with van der Waals surface area (Å²) in [5.41, 5.74) is 0.843. The van der Waals surface area contributed by atoms with Gasteiger partial charge in [-0.1, -0.05) is 0 Å². The molecule has 0 aromatic heterocycles. The zero-order valence-corrected chi connectivity index (χ0v) is 16.3. The van der Waals surface area contributed by atoms with Crippen LogP contribution in [0.2, 0.25) is 0 Å². The van der Waals surface area contributed by atoms with E-state index < -0.39 is 11.9 Å². The molecule has 1 unspecified atom stereocenters. The molecule has 2 fully saturated rings. The Morgan fingerprint density at radius 1 is 1.31 bits per heavy atom. The number of ether oxygens (including phenoxy) is 2. The molecule has 0 bridgehead atoms. The molecule has 9 heteroatoms. The second kappa shape index (κ2) is 10.9. The van der Waals surface area contributed by atoms with Crippen molar-refractivity contribution >= 4 is 42.1 Å². The predicted octanol–water partition coefficient (Wildman–Crippen LogP) is 2.58. The van der Waals surface area contributed by atoms with Crippen molar-refractivity contribution in [1.82, 2.24) is 5.32 Å². The maximum Gasteiger partial charge on any atom is 0.244 e. The van der Waals surface area contributed by atoms with E-state index in [9.17, 15) is 9.18 Å². The smallest absolute Gasteiger partial charge is 0.244 e. The Hall–Kier alpha value is -1.12. The highest BCUT2D eigenvalue weighted by Crippen LogP contribution is 2.21. The van der Waals surface area contributed by atoms with Crippen LogP contribution < -0.4 is 16.0 Å². The third kappa shape index (κ3) is 5.96. The van der Waals surface area contributed by atoms with E-state index in [0.717, 1.165) is 19.4 Å². The summed E-state index contributed by atoms with van der Waals surface area (Å²) in [5, 5.41) is 8.90. The van der Waals surface area contributed by atoms with Crippen LogP contribution in [0.25, 0.3) is 0 Å². The average molecular weight is 410 g/mol. The first-order valence-corrected chi connectivity index (χ1v) is 8.44. The van der Waals surface area contributed by atoms with Crippen molar-refractivity contribution in [1.29, 1.82) is 0 Å². The van der Waals surface area contributed by atoms with E-state index in [0.29, 0.717) is 31.1 Å². The number of anilines is 2. The monoisotopic (exact) mass is 409 g/mol. The Balaban J connectivity index is 0.00000169. The van der Waals surface area contributed by atoms with Crippen molar-refractivity contribution in [2.45, 2.75) is 38.0 Å². The maximum atomic E-state index is 14.2. The van der Waals surface area contributed by atoms with Gasteiger partial charge in [-0.2, -0.15) is 0 Å². The topological polar surface area (TPSA) is 71.6 Å². The second-order valence-corrected chi connectivity index (χ2v) is 6.21. The lowest BCUT2D eigenvalue weighted by Gasteiger charge is -2.29. The Labute approximate surface area is 165 Å². The summed E-state index contributed by atoms with van der Waals surface area (Å²) in [4.78, 5) is 12.3. The zero-order valence-electron chi connectivity index (χ0n) is 14.6. The normalized spacial score (nSPS) is 24.9. The summed E-state index contributed by atoms with van der Waals surface area (Å²) >= 11 is 0. The molecule has 2 aliphatic rings. The first kappa shape index (κ1) is 22.9. The van der Waals surface area contributed by atoms with Crippen molar-refractivity contribution in [2.24, 2.45) is 0 Å². The highest BCUT2D eigenvalue weighted by molar-refractivity contribution is 5.95. The molecule has 3 rings (SSSR count). The van der Waals surface area contributed by atoms with E-state index >= 15 is 0 Å². The van der Waals surface area contributed by atoms with E-state index in [1.54, 1.807) is 12.1 Å². The summed E-state index contributed by atoms with van der Waals surface area (Å²) in [6, 6.07) is 4.21. The number of carbonyl (C=O) groups excluding carboxylic acids is 1. The number of morpholine rings is 1. The quantitative estimate of drug-likeness (QED) is 0.696. The summed E-state index contributed by atoms with van der Waals surface area (Å²) in [6.45, 7) is 4.42. The Kier molecular flexibility index (Phi) is 9.60. The van der Waals surface area contributed by atoms with Gasteiger partial charge in [-0.15, -0.1) is 24.8 Å². The molecule has 3 N–H and O–H groups in total. The van der Waals surface area contributed by atoms with Crippen LogP contribution in [0.15, 0.2) is 18.2 Å². The van der Waals surface area contributed by atoms with Gasteiger partial charge < -0.3 is 25.4 Å². The molecule has 0 saturated carbocycles. The van der Waals surface area contributed by atoms with Crippen LogP contribution in [0, 0.1) is 5.82 Å². The lowest BCUT2D eigenvalue weighted by Crippen LogP contribution is -2.53. The molecule has 26 heavy (non-hydrogen) atoms. The lowest BCUT2D eigenvalue weighted by atomic mass is 10.1. The van der Waals surface area contributed by atoms with Crippen molar-refractivity contribution in [3.63, 3.8) is 0 Å². The third-order valence-electron chi connectivity index (χ3n) is 4.38. The number of carbonyl (C=O) groups is 1. The molecule has 3 atom stereocenters. The number of amides is 1. The molecule has 148 valence electrons. The summed E-state index contributed by atoms with van der Waals surface area (Å²) in [5.74, 6) is -0.617. The molecule has 1 aromatic carbocycles. The highest BCUT2D eigenvalue weighted by Gasteiger charge is 2.28. The number of hydrogen-bond acceptors (Lipinski definition) is 5. The molecule has 0 aliphatic carbocycles. The van der Waals surface area contributed by atoms with Crippen molar-refractivity contribution < 1.29 is 18.7 Å². The molecular formula is C17H26Cl2FN3O3. The zero-order chi connectivity index (χ0) is 16.9. The van der Waals surface area contributed by atoms with Gasteiger partial charge in [-0.3, -0.25) is 4.79 Å². The molecule has 2 heterocycles. The SMILES string of the molecule is C[C@H]1OCCN[C@@H]1C(=O)Nc1ccc(NCC2CCCO2)c(F)c1.Cl.Cl. The molecule has 1 aromatic rings. The van der Waals surface area contributed by atoms with Gasteiger partial charge in [0.25, 0.3) is 0 Å². The first-order chi connectivity index (χ1) is 11.6. The number of hydrogen-bond donors (Lipinski definition) is 3. The van der Waals surface area contributed by atoms with E-state index in [-0.39, 0.29) is 42.9 Å².